The average Bonchev–Trinajstić information content (AvgIpc) is 3.41. The van der Waals surface area contributed by atoms with Gasteiger partial charge in [0, 0.05) is 38.1 Å². The summed E-state index contributed by atoms with van der Waals surface area (Å²) in [4.78, 5) is 25.2. The van der Waals surface area contributed by atoms with Gasteiger partial charge >= 0.3 is 5.97 Å². The largest absolute Gasteiger partial charge is 0.456 e. The fourth-order valence-corrected chi connectivity index (χ4v) is 6.77. The molecule has 9 nitrogen and oxygen atoms in total. The van der Waals surface area contributed by atoms with Gasteiger partial charge in [0.05, 0.1) is 24.4 Å². The van der Waals surface area contributed by atoms with Crippen LogP contribution in [0.4, 0.5) is 0 Å². The lowest BCUT2D eigenvalue weighted by atomic mass is 9.91. The summed E-state index contributed by atoms with van der Waals surface area (Å²) in [6.07, 6.45) is 16.8. The van der Waals surface area contributed by atoms with E-state index in [1.807, 2.05) is 18.2 Å². The van der Waals surface area contributed by atoms with Crippen molar-refractivity contribution in [2.45, 2.75) is 127 Å². The lowest BCUT2D eigenvalue weighted by molar-refractivity contribution is -0.204. The number of carbonyl (C=O) groups excluding carboxylic acids is 2. The van der Waals surface area contributed by atoms with Gasteiger partial charge in [-0.25, -0.2) is 4.79 Å². The number of hydrogen-bond donors (Lipinski definition) is 0. The molecule has 4 unspecified atom stereocenters. The molecule has 45 heavy (non-hydrogen) atoms. The van der Waals surface area contributed by atoms with Gasteiger partial charge in [-0.05, 0) is 95.6 Å². The molecule has 0 radical (unpaired) electrons. The predicted octanol–water partition coefficient (Wildman–Crippen LogP) is 6.53. The van der Waals surface area contributed by atoms with Crippen LogP contribution in [0, 0.1) is 11.8 Å². The molecule has 8 atom stereocenters. The lowest BCUT2D eigenvalue weighted by Gasteiger charge is -2.29. The second-order valence-electron chi connectivity index (χ2n) is 12.7. The van der Waals surface area contributed by atoms with Gasteiger partial charge in [0.2, 0.25) is 0 Å². The van der Waals surface area contributed by atoms with Gasteiger partial charge in [0.15, 0.2) is 18.9 Å². The minimum atomic E-state index is -0.362. The van der Waals surface area contributed by atoms with Crippen molar-refractivity contribution in [2.24, 2.45) is 11.8 Å². The number of aldehydes is 1. The van der Waals surface area contributed by atoms with E-state index in [0.717, 1.165) is 89.9 Å². The first-order valence-electron chi connectivity index (χ1n) is 17.3. The summed E-state index contributed by atoms with van der Waals surface area (Å²) in [5.74, 6) is -0.579. The normalized spacial score (nSPS) is 31.5. The van der Waals surface area contributed by atoms with Crippen LogP contribution >= 0.6 is 0 Å². The summed E-state index contributed by atoms with van der Waals surface area (Å²) in [5.41, 5.74) is 0.533. The van der Waals surface area contributed by atoms with E-state index in [2.05, 4.69) is 12.2 Å². The van der Waals surface area contributed by atoms with Crippen LogP contribution in [0.2, 0.25) is 0 Å². The summed E-state index contributed by atoms with van der Waals surface area (Å²) in [6, 6.07) is 9.07. The zero-order valence-corrected chi connectivity index (χ0v) is 26.6. The Hall–Kier alpha value is -2.14. The van der Waals surface area contributed by atoms with E-state index >= 15 is 0 Å². The van der Waals surface area contributed by atoms with Gasteiger partial charge in [0.1, 0.15) is 12.4 Å². The van der Waals surface area contributed by atoms with E-state index in [1.165, 1.54) is 0 Å². The van der Waals surface area contributed by atoms with E-state index in [-0.39, 0.29) is 55.0 Å². The number of rotatable bonds is 16. The molecule has 3 saturated heterocycles. The molecule has 0 aromatic heterocycles. The first-order valence-corrected chi connectivity index (χ1v) is 17.3. The molecule has 3 heterocycles. The van der Waals surface area contributed by atoms with E-state index in [9.17, 15) is 9.59 Å². The zero-order valence-electron chi connectivity index (χ0n) is 26.6. The SMILES string of the molecule is O=C[C@@H]1[C@@H](C/C=C\CCCC(COC2CCCCO2)OC(=O)c2ccccc2)[C@@H](OC2CCCCO2)C[C@H]1OC1CCCCO1. The molecular weight excluding hydrogens is 576 g/mol. The molecule has 1 saturated carbocycles. The Morgan fingerprint density at radius 3 is 2.09 bits per heavy atom. The highest BCUT2D eigenvalue weighted by atomic mass is 16.7. The molecule has 9 heteroatoms. The number of ether oxygens (including phenoxy) is 7. The van der Waals surface area contributed by atoms with Crippen molar-refractivity contribution in [2.75, 3.05) is 26.4 Å². The van der Waals surface area contributed by atoms with Crippen LogP contribution in [0.15, 0.2) is 42.5 Å². The second-order valence-corrected chi connectivity index (χ2v) is 12.7. The summed E-state index contributed by atoms with van der Waals surface area (Å²) >= 11 is 0. The van der Waals surface area contributed by atoms with Crippen LogP contribution in [0.3, 0.4) is 0 Å². The van der Waals surface area contributed by atoms with Gasteiger partial charge < -0.3 is 38.0 Å². The van der Waals surface area contributed by atoms with Crippen molar-refractivity contribution in [1.82, 2.24) is 0 Å². The number of hydrogen-bond acceptors (Lipinski definition) is 9. The van der Waals surface area contributed by atoms with Crippen LogP contribution in [0.5, 0.6) is 0 Å². The number of unbranched alkanes of at least 4 members (excludes halogenated alkanes) is 1. The summed E-state index contributed by atoms with van der Waals surface area (Å²) in [6.45, 7) is 2.44. The number of benzene rings is 1. The molecule has 5 rings (SSSR count). The van der Waals surface area contributed by atoms with Crippen LogP contribution in [0.25, 0.3) is 0 Å². The predicted molar refractivity (Wildman–Crippen MR) is 167 cm³/mol. The van der Waals surface area contributed by atoms with Gasteiger partial charge in [-0.3, -0.25) is 0 Å². The fourth-order valence-electron chi connectivity index (χ4n) is 6.77. The molecule has 0 bridgehead atoms. The van der Waals surface area contributed by atoms with Crippen molar-refractivity contribution < 1.29 is 42.7 Å². The third-order valence-corrected chi connectivity index (χ3v) is 9.31. The van der Waals surface area contributed by atoms with Gasteiger partial charge in [0.25, 0.3) is 0 Å². The minimum absolute atomic E-state index is 0.0151. The molecule has 0 amide bonds. The minimum Gasteiger partial charge on any atom is -0.456 e. The van der Waals surface area contributed by atoms with Crippen molar-refractivity contribution in [3.05, 3.63) is 48.0 Å². The third-order valence-electron chi connectivity index (χ3n) is 9.31. The van der Waals surface area contributed by atoms with Gasteiger partial charge in [-0.1, -0.05) is 30.4 Å². The van der Waals surface area contributed by atoms with Gasteiger partial charge in [-0.2, -0.15) is 0 Å². The van der Waals surface area contributed by atoms with E-state index in [4.69, 9.17) is 33.2 Å². The Kier molecular flexibility index (Phi) is 14.3. The molecule has 3 aliphatic heterocycles. The summed E-state index contributed by atoms with van der Waals surface area (Å²) in [5, 5.41) is 0. The van der Waals surface area contributed by atoms with E-state index in [0.29, 0.717) is 38.2 Å². The smallest absolute Gasteiger partial charge is 0.338 e. The van der Waals surface area contributed by atoms with Crippen molar-refractivity contribution in [3.63, 3.8) is 0 Å². The Bertz CT molecular complexity index is 1010. The van der Waals surface area contributed by atoms with Crippen LogP contribution < -0.4 is 0 Å². The van der Waals surface area contributed by atoms with Crippen molar-refractivity contribution in [3.8, 4) is 0 Å². The number of allylic oxidation sites excluding steroid dienone is 2. The topological polar surface area (TPSA) is 98.8 Å². The quantitative estimate of drug-likeness (QED) is 0.0876. The maximum Gasteiger partial charge on any atom is 0.338 e. The molecule has 4 fully saturated rings. The molecule has 4 aliphatic rings. The lowest BCUT2D eigenvalue weighted by Crippen LogP contribution is -2.32. The average molecular weight is 629 g/mol. The second kappa shape index (κ2) is 18.9. The first kappa shape index (κ1) is 34.2. The van der Waals surface area contributed by atoms with Crippen LogP contribution in [0.1, 0.15) is 100 Å². The molecule has 1 aromatic carbocycles. The van der Waals surface area contributed by atoms with Crippen molar-refractivity contribution in [1.29, 1.82) is 0 Å². The maximum absolute atomic E-state index is 12.8. The molecule has 0 N–H and O–H groups in total. The van der Waals surface area contributed by atoms with Crippen LogP contribution in [-0.4, -0.2) is 75.9 Å². The monoisotopic (exact) mass is 628 g/mol. The highest BCUT2D eigenvalue weighted by Crippen LogP contribution is 2.40. The summed E-state index contributed by atoms with van der Waals surface area (Å²) < 4.78 is 42.1. The highest BCUT2D eigenvalue weighted by Gasteiger charge is 2.46. The number of esters is 1. The van der Waals surface area contributed by atoms with Gasteiger partial charge in [-0.15, -0.1) is 0 Å². The fraction of sp³-hybridized carbons (Fsp3) is 0.722. The third kappa shape index (κ3) is 11.0. The van der Waals surface area contributed by atoms with E-state index < -0.39 is 0 Å². The molecular formula is C36H52O9. The molecule has 1 aromatic rings. The zero-order chi connectivity index (χ0) is 31.1. The standard InChI is InChI=1S/C36H52O9/c37-25-30-29(31(44-34-19-9-12-22-40-34)24-32(30)45-35-20-10-13-23-41-35)17-7-2-1-6-16-28(26-42-33-18-8-11-21-39-33)43-36(38)27-14-4-3-5-15-27/h2-5,7,14-15,25,28-35H,1,6,8-13,16-24,26H2/b7-2-/t28?,29-,30-,31+,32-,33?,34?,35?/m1/s1. The Morgan fingerprint density at radius 2 is 1.47 bits per heavy atom. The Balaban J connectivity index is 1.13. The van der Waals surface area contributed by atoms with E-state index in [1.54, 1.807) is 12.1 Å². The Labute approximate surface area is 268 Å². The summed E-state index contributed by atoms with van der Waals surface area (Å²) in [7, 11) is 0. The molecule has 1 aliphatic carbocycles. The highest BCUT2D eigenvalue weighted by molar-refractivity contribution is 5.89. The van der Waals surface area contributed by atoms with Crippen molar-refractivity contribution >= 4 is 12.3 Å². The molecule has 0 spiro atoms. The maximum atomic E-state index is 12.8. The molecule has 250 valence electrons. The van der Waals surface area contributed by atoms with Crippen LogP contribution in [-0.2, 0) is 38.0 Å². The Morgan fingerprint density at radius 1 is 0.822 bits per heavy atom. The first-order chi connectivity index (χ1) is 22.2. The number of carbonyl (C=O) groups is 2.